The van der Waals surface area contributed by atoms with Gasteiger partial charge >= 0.3 is 5.97 Å². The molecule has 1 aliphatic rings. The van der Waals surface area contributed by atoms with Crippen LogP contribution in [0.1, 0.15) is 30.0 Å². The van der Waals surface area contributed by atoms with Crippen LogP contribution >= 0.6 is 0 Å². The Bertz CT molecular complexity index is 344. The second-order valence-corrected chi connectivity index (χ2v) is 3.40. The van der Waals surface area contributed by atoms with E-state index in [1.807, 2.05) is 0 Å². The van der Waals surface area contributed by atoms with Crippen LogP contribution in [0, 0.1) is 0 Å². The van der Waals surface area contributed by atoms with Crippen molar-refractivity contribution >= 4 is 5.97 Å². The third kappa shape index (κ3) is 1.99. The van der Waals surface area contributed by atoms with Crippen LogP contribution in [0.5, 0.6) is 0 Å². The Labute approximate surface area is 87.6 Å². The second-order valence-electron chi connectivity index (χ2n) is 3.40. The first-order valence-corrected chi connectivity index (χ1v) is 5.10. The lowest BCUT2D eigenvalue weighted by Crippen LogP contribution is -2.20. The largest absolute Gasteiger partial charge is 0.460 e. The lowest BCUT2D eigenvalue weighted by atomic mass is 10.3. The number of esters is 1. The van der Waals surface area contributed by atoms with Gasteiger partial charge in [-0.25, -0.2) is 14.5 Å². The predicted octanol–water partition coefficient (Wildman–Crippen LogP) is -0.0108. The molecule has 15 heavy (non-hydrogen) atoms. The van der Waals surface area contributed by atoms with Crippen molar-refractivity contribution in [1.82, 2.24) is 20.1 Å². The molecule has 0 spiro atoms. The van der Waals surface area contributed by atoms with Crippen LogP contribution in [0.4, 0.5) is 0 Å². The number of hydrogen-bond donors (Lipinski definition) is 1. The third-order valence-corrected chi connectivity index (χ3v) is 2.41. The standard InChI is InChI=1S/C9H14N4O2/c1-2-15-9(14)8-11-6-12-13(8)7-3-4-10-5-7/h6-7,10H,2-5H2,1H3. The molecule has 6 nitrogen and oxygen atoms in total. The Kier molecular flexibility index (Phi) is 2.96. The maximum atomic E-state index is 11.5. The lowest BCUT2D eigenvalue weighted by Gasteiger charge is -2.10. The van der Waals surface area contributed by atoms with Crippen molar-refractivity contribution in [3.63, 3.8) is 0 Å². The van der Waals surface area contributed by atoms with Gasteiger partial charge in [0.2, 0.25) is 5.82 Å². The van der Waals surface area contributed by atoms with E-state index in [2.05, 4.69) is 15.4 Å². The zero-order valence-electron chi connectivity index (χ0n) is 8.64. The summed E-state index contributed by atoms with van der Waals surface area (Å²) in [6.45, 7) is 3.91. The summed E-state index contributed by atoms with van der Waals surface area (Å²) >= 11 is 0. The van der Waals surface area contributed by atoms with Crippen LogP contribution in [-0.2, 0) is 4.74 Å². The number of nitrogens with one attached hydrogen (secondary N) is 1. The molecule has 0 saturated carbocycles. The van der Waals surface area contributed by atoms with E-state index in [9.17, 15) is 4.79 Å². The molecule has 0 amide bonds. The Hall–Kier alpha value is -1.43. The summed E-state index contributed by atoms with van der Waals surface area (Å²) < 4.78 is 6.55. The van der Waals surface area contributed by atoms with Crippen LogP contribution in [0.3, 0.4) is 0 Å². The molecule has 1 aromatic heterocycles. The molecule has 2 rings (SSSR count). The molecule has 1 fully saturated rings. The summed E-state index contributed by atoms with van der Waals surface area (Å²) in [4.78, 5) is 15.4. The van der Waals surface area contributed by atoms with E-state index in [4.69, 9.17) is 4.74 Å². The summed E-state index contributed by atoms with van der Waals surface area (Å²) in [6.07, 6.45) is 2.36. The summed E-state index contributed by atoms with van der Waals surface area (Å²) in [5, 5.41) is 7.28. The highest BCUT2D eigenvalue weighted by Gasteiger charge is 2.24. The highest BCUT2D eigenvalue weighted by Crippen LogP contribution is 2.15. The summed E-state index contributed by atoms with van der Waals surface area (Å²) in [7, 11) is 0. The van der Waals surface area contributed by atoms with Crippen molar-refractivity contribution in [2.24, 2.45) is 0 Å². The van der Waals surface area contributed by atoms with E-state index in [0.29, 0.717) is 12.4 Å². The average molecular weight is 210 g/mol. The summed E-state index contributed by atoms with van der Waals surface area (Å²) in [5.41, 5.74) is 0. The van der Waals surface area contributed by atoms with Gasteiger partial charge in [-0.2, -0.15) is 5.10 Å². The molecule has 1 aromatic rings. The van der Waals surface area contributed by atoms with Crippen molar-refractivity contribution in [2.45, 2.75) is 19.4 Å². The van der Waals surface area contributed by atoms with E-state index in [1.54, 1.807) is 11.6 Å². The van der Waals surface area contributed by atoms with Gasteiger partial charge in [-0.15, -0.1) is 0 Å². The Morgan fingerprint density at radius 1 is 1.80 bits per heavy atom. The molecule has 6 heteroatoms. The Balaban J connectivity index is 2.17. The molecule has 1 saturated heterocycles. The van der Waals surface area contributed by atoms with Crippen LogP contribution in [0.25, 0.3) is 0 Å². The smallest absolute Gasteiger partial charge is 0.376 e. The van der Waals surface area contributed by atoms with E-state index < -0.39 is 5.97 Å². The molecule has 1 unspecified atom stereocenters. The number of carbonyl (C=O) groups is 1. The van der Waals surface area contributed by atoms with E-state index in [-0.39, 0.29) is 6.04 Å². The molecule has 0 bridgehead atoms. The zero-order valence-corrected chi connectivity index (χ0v) is 8.64. The minimum absolute atomic E-state index is 0.215. The van der Waals surface area contributed by atoms with Gasteiger partial charge in [0.1, 0.15) is 6.33 Å². The van der Waals surface area contributed by atoms with Crippen molar-refractivity contribution < 1.29 is 9.53 Å². The van der Waals surface area contributed by atoms with E-state index in [0.717, 1.165) is 19.5 Å². The SMILES string of the molecule is CCOC(=O)c1ncnn1C1CCNC1. The second kappa shape index (κ2) is 4.39. The fourth-order valence-electron chi connectivity index (χ4n) is 1.71. The molecule has 2 heterocycles. The number of rotatable bonds is 3. The molecule has 1 atom stereocenters. The van der Waals surface area contributed by atoms with Gasteiger partial charge in [0.05, 0.1) is 12.6 Å². The van der Waals surface area contributed by atoms with Gasteiger partial charge in [-0.3, -0.25) is 0 Å². The highest BCUT2D eigenvalue weighted by atomic mass is 16.5. The minimum Gasteiger partial charge on any atom is -0.460 e. The topological polar surface area (TPSA) is 69.0 Å². The van der Waals surface area contributed by atoms with Gasteiger partial charge in [0.15, 0.2) is 0 Å². The molecule has 0 aliphatic carbocycles. The number of aromatic nitrogens is 3. The maximum absolute atomic E-state index is 11.5. The van der Waals surface area contributed by atoms with Gasteiger partial charge in [-0.1, -0.05) is 0 Å². The summed E-state index contributed by atoms with van der Waals surface area (Å²) in [5.74, 6) is -0.104. The molecule has 0 radical (unpaired) electrons. The van der Waals surface area contributed by atoms with Gasteiger partial charge in [-0.05, 0) is 19.9 Å². The van der Waals surface area contributed by atoms with Crippen molar-refractivity contribution in [2.75, 3.05) is 19.7 Å². The third-order valence-electron chi connectivity index (χ3n) is 2.41. The first kappa shape index (κ1) is 10.1. The Morgan fingerprint density at radius 3 is 3.33 bits per heavy atom. The van der Waals surface area contributed by atoms with Crippen LogP contribution in [0.15, 0.2) is 6.33 Å². The van der Waals surface area contributed by atoms with Crippen LogP contribution in [0.2, 0.25) is 0 Å². The molecular weight excluding hydrogens is 196 g/mol. The summed E-state index contributed by atoms with van der Waals surface area (Å²) in [6, 6.07) is 0.215. The number of hydrogen-bond acceptors (Lipinski definition) is 5. The van der Waals surface area contributed by atoms with Crippen LogP contribution in [-0.4, -0.2) is 40.4 Å². The normalized spacial score (nSPS) is 20.5. The molecule has 82 valence electrons. The van der Waals surface area contributed by atoms with Crippen molar-refractivity contribution in [1.29, 1.82) is 0 Å². The molecule has 0 aromatic carbocycles. The van der Waals surface area contributed by atoms with Crippen molar-refractivity contribution in [3.8, 4) is 0 Å². The average Bonchev–Trinajstić information content (AvgIpc) is 2.88. The fourth-order valence-corrected chi connectivity index (χ4v) is 1.71. The molecule has 1 aliphatic heterocycles. The number of nitrogens with zero attached hydrogens (tertiary/aromatic N) is 3. The first-order valence-electron chi connectivity index (χ1n) is 5.10. The zero-order chi connectivity index (χ0) is 10.7. The van der Waals surface area contributed by atoms with Gasteiger partial charge in [0.25, 0.3) is 0 Å². The first-order chi connectivity index (χ1) is 7.33. The predicted molar refractivity (Wildman–Crippen MR) is 52.5 cm³/mol. The van der Waals surface area contributed by atoms with Gasteiger partial charge in [0, 0.05) is 6.54 Å². The lowest BCUT2D eigenvalue weighted by molar-refractivity contribution is 0.0502. The van der Waals surface area contributed by atoms with Gasteiger partial charge < -0.3 is 10.1 Å². The monoisotopic (exact) mass is 210 g/mol. The fraction of sp³-hybridized carbons (Fsp3) is 0.667. The number of ether oxygens (including phenoxy) is 1. The number of carbonyl (C=O) groups excluding carboxylic acids is 1. The quantitative estimate of drug-likeness (QED) is 0.710. The maximum Gasteiger partial charge on any atom is 0.376 e. The minimum atomic E-state index is -0.401. The van der Waals surface area contributed by atoms with Crippen molar-refractivity contribution in [3.05, 3.63) is 12.2 Å². The van der Waals surface area contributed by atoms with E-state index in [1.165, 1.54) is 6.33 Å². The molecular formula is C9H14N4O2. The highest BCUT2D eigenvalue weighted by molar-refractivity contribution is 5.85. The van der Waals surface area contributed by atoms with E-state index >= 15 is 0 Å². The molecule has 1 N–H and O–H groups in total. The van der Waals surface area contributed by atoms with Crippen LogP contribution < -0.4 is 5.32 Å². The Morgan fingerprint density at radius 2 is 2.67 bits per heavy atom.